The number of amides is 1. The van der Waals surface area contributed by atoms with E-state index in [0.29, 0.717) is 0 Å². The van der Waals surface area contributed by atoms with E-state index in [-0.39, 0.29) is 18.6 Å². The van der Waals surface area contributed by atoms with Crippen molar-refractivity contribution in [1.29, 1.82) is 0 Å². The molecule has 176 valence electrons. The number of thiophene rings is 2. The summed E-state index contributed by atoms with van der Waals surface area (Å²) in [7, 11) is 0. The lowest BCUT2D eigenvalue weighted by Crippen LogP contribution is -2.36. The summed E-state index contributed by atoms with van der Waals surface area (Å²) in [6, 6.07) is 18.8. The van der Waals surface area contributed by atoms with Crippen molar-refractivity contribution in [1.82, 2.24) is 10.2 Å². The summed E-state index contributed by atoms with van der Waals surface area (Å²) in [4.78, 5) is 16.1. The number of hydrogen-bond acceptors (Lipinski definition) is 6. The Morgan fingerprint density at radius 1 is 1.12 bits per heavy atom. The molecule has 0 radical (unpaired) electrons. The van der Waals surface area contributed by atoms with Crippen molar-refractivity contribution in [2.75, 3.05) is 32.9 Å². The molecule has 1 aliphatic heterocycles. The molecule has 2 aromatic heterocycles. The Morgan fingerprint density at radius 2 is 1.97 bits per heavy atom. The van der Waals surface area contributed by atoms with Crippen molar-refractivity contribution in [3.05, 3.63) is 75.8 Å². The van der Waals surface area contributed by atoms with Crippen LogP contribution in [-0.2, 0) is 16.1 Å². The molecule has 1 aliphatic rings. The van der Waals surface area contributed by atoms with Gasteiger partial charge in [0, 0.05) is 45.7 Å². The van der Waals surface area contributed by atoms with Gasteiger partial charge in [0.2, 0.25) is 0 Å². The molecule has 0 bridgehead atoms. The van der Waals surface area contributed by atoms with E-state index in [1.54, 1.807) is 22.7 Å². The minimum Gasteiger partial charge on any atom is -0.483 e. The molecule has 1 amide bonds. The number of hydrogen-bond donors (Lipinski definition) is 1. The smallest absolute Gasteiger partial charge is 0.258 e. The number of fused-ring (bicyclic) bond motifs is 1. The number of benzene rings is 2. The van der Waals surface area contributed by atoms with E-state index in [2.05, 4.69) is 52.0 Å². The van der Waals surface area contributed by atoms with E-state index in [4.69, 9.17) is 9.47 Å². The number of ether oxygens (including phenoxy) is 2. The third-order valence-corrected chi connectivity index (χ3v) is 8.07. The fourth-order valence-electron chi connectivity index (χ4n) is 4.25. The average Bonchev–Trinajstić information content (AvgIpc) is 3.54. The van der Waals surface area contributed by atoms with Gasteiger partial charge in [-0.1, -0.05) is 30.3 Å². The highest BCUT2D eigenvalue weighted by atomic mass is 32.1. The van der Waals surface area contributed by atoms with Crippen molar-refractivity contribution in [2.24, 2.45) is 0 Å². The van der Waals surface area contributed by atoms with Crippen LogP contribution in [0.3, 0.4) is 0 Å². The predicted octanol–water partition coefficient (Wildman–Crippen LogP) is 5.72. The van der Waals surface area contributed by atoms with Crippen LogP contribution in [0.1, 0.15) is 23.4 Å². The Balaban J connectivity index is 1.35. The predicted molar refractivity (Wildman–Crippen MR) is 140 cm³/mol. The van der Waals surface area contributed by atoms with Crippen molar-refractivity contribution in [2.45, 2.75) is 19.5 Å². The van der Waals surface area contributed by atoms with Crippen molar-refractivity contribution < 1.29 is 14.3 Å². The molecule has 34 heavy (non-hydrogen) atoms. The van der Waals surface area contributed by atoms with E-state index in [0.717, 1.165) is 49.0 Å². The molecule has 1 N–H and O–H groups in total. The van der Waals surface area contributed by atoms with Crippen LogP contribution in [0.4, 0.5) is 0 Å². The van der Waals surface area contributed by atoms with E-state index in [1.165, 1.54) is 21.2 Å². The second-order valence-electron chi connectivity index (χ2n) is 8.45. The molecular weight excluding hydrogens is 464 g/mol. The minimum atomic E-state index is -0.119. The zero-order valence-corrected chi connectivity index (χ0v) is 20.8. The van der Waals surface area contributed by atoms with Gasteiger partial charge < -0.3 is 14.8 Å². The van der Waals surface area contributed by atoms with E-state index in [1.807, 2.05) is 30.5 Å². The maximum absolute atomic E-state index is 12.6. The molecule has 4 aromatic rings. The molecule has 3 heterocycles. The van der Waals surface area contributed by atoms with Crippen LogP contribution >= 0.6 is 22.7 Å². The highest BCUT2D eigenvalue weighted by Gasteiger charge is 2.17. The number of carbonyl (C=O) groups is 1. The Hall–Kier alpha value is -2.71. The topological polar surface area (TPSA) is 50.8 Å². The standard InChI is InChI=1S/C27H28N2O3S2/c1-19(25-7-4-14-33-25)28-27(30)17-32-24-9-8-20(15-21(24)16-29-10-12-31-13-11-29)23-18-34-26-6-3-2-5-22(23)26/h2-9,14-15,18-19H,10-13,16-17H2,1H3,(H,28,30). The highest BCUT2D eigenvalue weighted by Crippen LogP contribution is 2.36. The molecule has 1 saturated heterocycles. The third-order valence-electron chi connectivity index (χ3n) is 6.06. The van der Waals surface area contributed by atoms with Gasteiger partial charge >= 0.3 is 0 Å². The lowest BCUT2D eigenvalue weighted by molar-refractivity contribution is -0.123. The Labute approximate surface area is 207 Å². The monoisotopic (exact) mass is 492 g/mol. The SMILES string of the molecule is CC(NC(=O)COc1ccc(-c2csc3ccccc23)cc1CN1CCOCC1)c1cccs1. The van der Waals surface area contributed by atoms with Gasteiger partial charge in [0.05, 0.1) is 19.3 Å². The van der Waals surface area contributed by atoms with Crippen LogP contribution in [-0.4, -0.2) is 43.7 Å². The summed E-state index contributed by atoms with van der Waals surface area (Å²) < 4.78 is 12.9. The molecule has 0 saturated carbocycles. The van der Waals surface area contributed by atoms with E-state index < -0.39 is 0 Å². The summed E-state index contributed by atoms with van der Waals surface area (Å²) >= 11 is 3.40. The lowest BCUT2D eigenvalue weighted by atomic mass is 10.0. The zero-order chi connectivity index (χ0) is 23.3. The summed E-state index contributed by atoms with van der Waals surface area (Å²) in [5, 5.41) is 8.53. The largest absolute Gasteiger partial charge is 0.483 e. The van der Waals surface area contributed by atoms with Crippen LogP contribution in [0.5, 0.6) is 5.75 Å². The van der Waals surface area contributed by atoms with Crippen molar-refractivity contribution in [3.8, 4) is 16.9 Å². The number of nitrogens with zero attached hydrogens (tertiary/aromatic N) is 1. The summed E-state index contributed by atoms with van der Waals surface area (Å²) in [5.74, 6) is 0.639. The Bertz CT molecular complexity index is 1250. The average molecular weight is 493 g/mol. The van der Waals surface area contributed by atoms with Gasteiger partial charge in [-0.15, -0.1) is 22.7 Å². The minimum absolute atomic E-state index is 0.00739. The van der Waals surface area contributed by atoms with Gasteiger partial charge in [-0.25, -0.2) is 0 Å². The van der Waals surface area contributed by atoms with Gasteiger partial charge in [0.25, 0.3) is 5.91 Å². The number of morpholine rings is 1. The molecule has 7 heteroatoms. The first-order chi connectivity index (χ1) is 16.7. The molecule has 5 rings (SSSR count). The van der Waals surface area contributed by atoms with Crippen LogP contribution in [0.25, 0.3) is 21.2 Å². The van der Waals surface area contributed by atoms with E-state index >= 15 is 0 Å². The first-order valence-corrected chi connectivity index (χ1v) is 13.3. The molecule has 1 atom stereocenters. The zero-order valence-electron chi connectivity index (χ0n) is 19.2. The van der Waals surface area contributed by atoms with Gasteiger partial charge in [-0.3, -0.25) is 9.69 Å². The second kappa shape index (κ2) is 10.7. The Kier molecular flexibility index (Phi) is 7.25. The summed E-state index contributed by atoms with van der Waals surface area (Å²) in [6.07, 6.45) is 0. The third kappa shape index (κ3) is 5.33. The molecule has 5 nitrogen and oxygen atoms in total. The van der Waals surface area contributed by atoms with E-state index in [9.17, 15) is 4.79 Å². The van der Waals surface area contributed by atoms with Crippen molar-refractivity contribution >= 4 is 38.7 Å². The summed E-state index contributed by atoms with van der Waals surface area (Å²) in [6.45, 7) is 6.03. The summed E-state index contributed by atoms with van der Waals surface area (Å²) in [5.41, 5.74) is 3.50. The van der Waals surface area contributed by atoms with Gasteiger partial charge in [-0.2, -0.15) is 0 Å². The van der Waals surface area contributed by atoms with Crippen LogP contribution < -0.4 is 10.1 Å². The molecule has 0 spiro atoms. The number of carbonyl (C=O) groups excluding carboxylic acids is 1. The molecular formula is C27H28N2O3S2. The van der Waals surface area contributed by atoms with Crippen LogP contribution in [0, 0.1) is 0 Å². The van der Waals surface area contributed by atoms with Crippen molar-refractivity contribution in [3.63, 3.8) is 0 Å². The maximum atomic E-state index is 12.6. The van der Waals surface area contributed by atoms with Crippen LogP contribution in [0.2, 0.25) is 0 Å². The molecule has 0 aliphatic carbocycles. The Morgan fingerprint density at radius 3 is 2.79 bits per heavy atom. The number of nitrogens with one attached hydrogen (secondary N) is 1. The van der Waals surface area contributed by atoms with Gasteiger partial charge in [-0.05, 0) is 47.5 Å². The fourth-order valence-corrected chi connectivity index (χ4v) is 5.95. The fraction of sp³-hybridized carbons (Fsp3) is 0.296. The molecule has 2 aromatic carbocycles. The normalized spacial score (nSPS) is 15.3. The lowest BCUT2D eigenvalue weighted by Gasteiger charge is -2.27. The van der Waals surface area contributed by atoms with Crippen LogP contribution in [0.15, 0.2) is 65.4 Å². The quantitative estimate of drug-likeness (QED) is 0.342. The number of rotatable bonds is 8. The molecule has 1 unspecified atom stereocenters. The molecule has 1 fully saturated rings. The van der Waals surface area contributed by atoms with Gasteiger partial charge in [0.15, 0.2) is 6.61 Å². The maximum Gasteiger partial charge on any atom is 0.258 e. The second-order valence-corrected chi connectivity index (χ2v) is 10.3. The highest BCUT2D eigenvalue weighted by molar-refractivity contribution is 7.17. The first-order valence-electron chi connectivity index (χ1n) is 11.5. The first kappa shape index (κ1) is 23.1. The van der Waals surface area contributed by atoms with Gasteiger partial charge in [0.1, 0.15) is 5.75 Å².